The molecule has 1 saturated heterocycles. The van der Waals surface area contributed by atoms with Gasteiger partial charge in [-0.15, -0.1) is 0 Å². The number of benzene rings is 1. The number of aryl methyl sites for hydroxylation is 2. The van der Waals surface area contributed by atoms with E-state index in [-0.39, 0.29) is 12.0 Å². The summed E-state index contributed by atoms with van der Waals surface area (Å²) in [5, 5.41) is 0. The topological polar surface area (TPSA) is 33.2 Å². The first-order chi connectivity index (χ1) is 11.6. The fraction of sp³-hybridized carbons (Fsp3) is 0.429. The highest BCUT2D eigenvalue weighted by atomic mass is 16.2. The number of hydrogen-bond donors (Lipinski definition) is 0. The average Bonchev–Trinajstić information content (AvgIpc) is 3.25. The monoisotopic (exact) mass is 320 g/mol. The fourth-order valence-electron chi connectivity index (χ4n) is 3.96. The highest BCUT2D eigenvalue weighted by Gasteiger charge is 2.47. The molecule has 0 N–H and O–H groups in total. The molecule has 2 aliphatic rings. The quantitative estimate of drug-likeness (QED) is 0.850. The maximum Gasteiger partial charge on any atom is 0.226 e. The van der Waals surface area contributed by atoms with Crippen molar-refractivity contribution < 1.29 is 4.79 Å². The molecule has 2 heterocycles. The van der Waals surface area contributed by atoms with Gasteiger partial charge in [0.2, 0.25) is 5.91 Å². The lowest BCUT2D eigenvalue weighted by Gasteiger charge is -2.24. The van der Waals surface area contributed by atoms with E-state index >= 15 is 0 Å². The number of pyridine rings is 1. The molecule has 3 atom stereocenters. The third kappa shape index (κ3) is 2.72. The van der Waals surface area contributed by atoms with Gasteiger partial charge in [-0.1, -0.05) is 24.3 Å². The van der Waals surface area contributed by atoms with Crippen molar-refractivity contribution in [1.29, 1.82) is 0 Å². The summed E-state index contributed by atoms with van der Waals surface area (Å²) in [5.74, 6) is 0.893. The maximum absolute atomic E-state index is 13.0. The number of carbonyl (C=O) groups is 1. The van der Waals surface area contributed by atoms with Crippen LogP contribution in [0.15, 0.2) is 42.6 Å². The number of likely N-dealkylation sites (tertiary alicyclic amines) is 1. The molecule has 4 rings (SSSR count). The fourth-order valence-corrected chi connectivity index (χ4v) is 3.96. The van der Waals surface area contributed by atoms with Crippen LogP contribution in [0.25, 0.3) is 0 Å². The first-order valence-electron chi connectivity index (χ1n) is 8.93. The van der Waals surface area contributed by atoms with E-state index in [0.717, 1.165) is 31.5 Å². The predicted molar refractivity (Wildman–Crippen MR) is 94.7 cm³/mol. The molecule has 1 saturated carbocycles. The Morgan fingerprint density at radius 1 is 1.17 bits per heavy atom. The lowest BCUT2D eigenvalue weighted by atomic mass is 10.0. The molecule has 0 radical (unpaired) electrons. The molecule has 1 aromatic carbocycles. The second-order valence-electron chi connectivity index (χ2n) is 7.24. The predicted octanol–water partition coefficient (Wildman–Crippen LogP) is 4.17. The zero-order chi connectivity index (χ0) is 16.7. The van der Waals surface area contributed by atoms with Crippen molar-refractivity contribution in [1.82, 2.24) is 9.88 Å². The van der Waals surface area contributed by atoms with Crippen molar-refractivity contribution >= 4 is 5.91 Å². The van der Waals surface area contributed by atoms with Crippen LogP contribution in [0.1, 0.15) is 53.6 Å². The summed E-state index contributed by atoms with van der Waals surface area (Å²) in [6, 6.07) is 12.8. The van der Waals surface area contributed by atoms with Gasteiger partial charge in [0.05, 0.1) is 11.7 Å². The minimum absolute atomic E-state index is 0.163. The van der Waals surface area contributed by atoms with Gasteiger partial charge in [0.25, 0.3) is 0 Å². The van der Waals surface area contributed by atoms with Crippen LogP contribution in [0.2, 0.25) is 0 Å². The summed E-state index contributed by atoms with van der Waals surface area (Å²) >= 11 is 0. The van der Waals surface area contributed by atoms with Gasteiger partial charge in [0.15, 0.2) is 0 Å². The first kappa shape index (κ1) is 15.4. The second kappa shape index (κ2) is 6.04. The van der Waals surface area contributed by atoms with E-state index in [1.807, 2.05) is 24.4 Å². The second-order valence-corrected chi connectivity index (χ2v) is 7.24. The van der Waals surface area contributed by atoms with Gasteiger partial charge >= 0.3 is 0 Å². The van der Waals surface area contributed by atoms with Crippen molar-refractivity contribution in [2.24, 2.45) is 5.92 Å². The van der Waals surface area contributed by atoms with Crippen molar-refractivity contribution in [2.45, 2.75) is 45.1 Å². The van der Waals surface area contributed by atoms with Crippen molar-refractivity contribution in [3.8, 4) is 0 Å². The Labute approximate surface area is 143 Å². The third-order valence-electron chi connectivity index (χ3n) is 5.63. The Balaban J connectivity index is 1.49. The number of carbonyl (C=O) groups excluding carboxylic acids is 1. The molecule has 24 heavy (non-hydrogen) atoms. The third-order valence-corrected chi connectivity index (χ3v) is 5.63. The van der Waals surface area contributed by atoms with Gasteiger partial charge in [-0.3, -0.25) is 9.78 Å². The summed E-state index contributed by atoms with van der Waals surface area (Å²) in [4.78, 5) is 19.6. The lowest BCUT2D eigenvalue weighted by molar-refractivity contribution is -0.133. The molecule has 2 fully saturated rings. The largest absolute Gasteiger partial charge is 0.334 e. The smallest absolute Gasteiger partial charge is 0.226 e. The Kier molecular flexibility index (Phi) is 3.87. The van der Waals surface area contributed by atoms with E-state index in [0.29, 0.717) is 11.8 Å². The molecule has 0 unspecified atom stereocenters. The SMILES string of the molecule is Cc1ccc([C@@H]2C[C@H]2C(=O)N2CCC[C@@H]2c2ccccn2)cc1C. The number of rotatable bonds is 3. The normalized spacial score (nSPS) is 25.8. The van der Waals surface area contributed by atoms with Crippen LogP contribution in [0.4, 0.5) is 0 Å². The lowest BCUT2D eigenvalue weighted by Crippen LogP contribution is -2.32. The molecular weight excluding hydrogens is 296 g/mol. The molecule has 0 bridgehead atoms. The van der Waals surface area contributed by atoms with Crippen molar-refractivity contribution in [3.63, 3.8) is 0 Å². The minimum Gasteiger partial charge on any atom is -0.334 e. The molecule has 3 heteroatoms. The number of nitrogens with zero attached hydrogens (tertiary/aromatic N) is 2. The van der Waals surface area contributed by atoms with Crippen LogP contribution < -0.4 is 0 Å². The molecular formula is C21H24N2O. The van der Waals surface area contributed by atoms with E-state index in [1.54, 1.807) is 0 Å². The zero-order valence-corrected chi connectivity index (χ0v) is 14.4. The Morgan fingerprint density at radius 3 is 2.79 bits per heavy atom. The number of aromatic nitrogens is 1. The van der Waals surface area contributed by atoms with E-state index in [1.165, 1.54) is 16.7 Å². The number of amides is 1. The van der Waals surface area contributed by atoms with Gasteiger partial charge in [0.1, 0.15) is 0 Å². The van der Waals surface area contributed by atoms with Gasteiger partial charge in [0, 0.05) is 18.7 Å². The summed E-state index contributed by atoms with van der Waals surface area (Å²) in [6.07, 6.45) is 4.93. The van der Waals surface area contributed by atoms with Crippen LogP contribution in [0.5, 0.6) is 0 Å². The molecule has 1 aliphatic carbocycles. The van der Waals surface area contributed by atoms with Crippen LogP contribution in [-0.4, -0.2) is 22.3 Å². The van der Waals surface area contributed by atoms with Crippen LogP contribution in [0, 0.1) is 19.8 Å². The van der Waals surface area contributed by atoms with E-state index < -0.39 is 0 Å². The van der Waals surface area contributed by atoms with Gasteiger partial charge in [-0.05, 0) is 67.9 Å². The average molecular weight is 320 g/mol. The van der Waals surface area contributed by atoms with Gasteiger partial charge in [-0.2, -0.15) is 0 Å². The molecule has 2 aromatic rings. The molecule has 0 spiro atoms. The molecule has 124 valence electrons. The molecule has 1 aliphatic heterocycles. The Hall–Kier alpha value is -2.16. The molecule has 3 nitrogen and oxygen atoms in total. The van der Waals surface area contributed by atoms with Crippen LogP contribution >= 0.6 is 0 Å². The standard InChI is InChI=1S/C21H24N2O/c1-14-8-9-16(12-15(14)2)17-13-18(17)21(24)23-11-5-7-20(23)19-6-3-4-10-22-19/h3-4,6,8-10,12,17-18,20H,5,7,11,13H2,1-2H3/t17-,18+,20+/m0/s1. The molecule has 1 aromatic heterocycles. The van der Waals surface area contributed by atoms with Crippen LogP contribution in [-0.2, 0) is 4.79 Å². The van der Waals surface area contributed by atoms with Crippen molar-refractivity contribution in [2.75, 3.05) is 6.54 Å². The van der Waals surface area contributed by atoms with Gasteiger partial charge < -0.3 is 4.90 Å². The van der Waals surface area contributed by atoms with E-state index in [4.69, 9.17) is 0 Å². The van der Waals surface area contributed by atoms with Gasteiger partial charge in [-0.25, -0.2) is 0 Å². The molecule has 1 amide bonds. The van der Waals surface area contributed by atoms with E-state index in [2.05, 4.69) is 41.9 Å². The summed E-state index contributed by atoms with van der Waals surface area (Å²) in [5.41, 5.74) is 4.99. The zero-order valence-electron chi connectivity index (χ0n) is 14.4. The van der Waals surface area contributed by atoms with Crippen molar-refractivity contribution in [3.05, 3.63) is 65.0 Å². The first-order valence-corrected chi connectivity index (χ1v) is 8.93. The Morgan fingerprint density at radius 2 is 2.04 bits per heavy atom. The highest BCUT2D eigenvalue weighted by Crippen LogP contribution is 2.50. The minimum atomic E-state index is 0.163. The highest BCUT2D eigenvalue weighted by molar-refractivity contribution is 5.83. The number of hydrogen-bond acceptors (Lipinski definition) is 2. The van der Waals surface area contributed by atoms with E-state index in [9.17, 15) is 4.79 Å². The van der Waals surface area contributed by atoms with Crippen LogP contribution in [0.3, 0.4) is 0 Å². The summed E-state index contributed by atoms with van der Waals surface area (Å²) in [7, 11) is 0. The summed E-state index contributed by atoms with van der Waals surface area (Å²) < 4.78 is 0. The summed E-state index contributed by atoms with van der Waals surface area (Å²) in [6.45, 7) is 5.15. The maximum atomic E-state index is 13.0. The Bertz CT molecular complexity index is 756.